The number of amides is 1. The first kappa shape index (κ1) is 14.6. The third-order valence-electron chi connectivity index (χ3n) is 2.98. The Hall–Kier alpha value is -1.42. The summed E-state index contributed by atoms with van der Waals surface area (Å²) in [6.45, 7) is 6.96. The molecule has 18 heavy (non-hydrogen) atoms. The number of aliphatic hydroxyl groups is 1. The average Bonchev–Trinajstić information content (AvgIpc) is 2.27. The van der Waals surface area contributed by atoms with Crippen LogP contribution in [0.1, 0.15) is 43.5 Å². The Kier molecular flexibility index (Phi) is 4.84. The van der Waals surface area contributed by atoms with Crippen molar-refractivity contribution in [2.24, 2.45) is 5.92 Å². The Morgan fingerprint density at radius 1 is 1.39 bits per heavy atom. The molecule has 1 rings (SSSR count). The molecule has 0 saturated heterocycles. The number of carbonyl (C=O) groups is 1. The van der Waals surface area contributed by atoms with Crippen LogP contribution < -0.4 is 5.32 Å². The second-order valence-corrected chi connectivity index (χ2v) is 4.83. The zero-order valence-corrected chi connectivity index (χ0v) is 11.2. The van der Waals surface area contributed by atoms with E-state index in [-0.39, 0.29) is 30.3 Å². The fraction of sp³-hybridized carbons (Fsp3) is 0.500. The minimum atomic E-state index is -0.356. The van der Waals surface area contributed by atoms with Gasteiger partial charge in [-0.05, 0) is 42.7 Å². The Balaban J connectivity index is 3.04. The minimum absolute atomic E-state index is 0.0895. The van der Waals surface area contributed by atoms with E-state index in [4.69, 9.17) is 0 Å². The van der Waals surface area contributed by atoms with Crippen LogP contribution in [0, 0.1) is 18.7 Å². The van der Waals surface area contributed by atoms with Gasteiger partial charge in [-0.1, -0.05) is 13.8 Å². The Morgan fingerprint density at radius 2 is 2.00 bits per heavy atom. The van der Waals surface area contributed by atoms with Gasteiger partial charge >= 0.3 is 0 Å². The average molecular weight is 253 g/mol. The molecule has 1 aromatic rings. The summed E-state index contributed by atoms with van der Waals surface area (Å²) in [6, 6.07) is 2.42. The van der Waals surface area contributed by atoms with Gasteiger partial charge in [0.05, 0.1) is 12.6 Å². The predicted octanol–water partition coefficient (Wildman–Crippen LogP) is 2.46. The van der Waals surface area contributed by atoms with E-state index in [0.717, 1.165) is 0 Å². The van der Waals surface area contributed by atoms with Crippen LogP contribution in [0.5, 0.6) is 0 Å². The Morgan fingerprint density at radius 3 is 2.50 bits per heavy atom. The first-order chi connectivity index (χ1) is 8.36. The molecule has 0 saturated carbocycles. The van der Waals surface area contributed by atoms with E-state index < -0.39 is 0 Å². The first-order valence-corrected chi connectivity index (χ1v) is 6.07. The summed E-state index contributed by atoms with van der Waals surface area (Å²) in [5.41, 5.74) is 2.00. The van der Waals surface area contributed by atoms with E-state index >= 15 is 0 Å². The molecule has 0 unspecified atom stereocenters. The first-order valence-electron chi connectivity index (χ1n) is 6.07. The van der Waals surface area contributed by atoms with Crippen molar-refractivity contribution in [3.05, 3.63) is 34.6 Å². The highest BCUT2D eigenvalue weighted by molar-refractivity contribution is 5.78. The number of nitrogens with one attached hydrogen (secondary N) is 1. The van der Waals surface area contributed by atoms with Gasteiger partial charge in [0.2, 0.25) is 5.91 Å². The Bertz CT molecular complexity index is 444. The zero-order chi connectivity index (χ0) is 13.9. The summed E-state index contributed by atoms with van der Waals surface area (Å²) in [6.07, 6.45) is 0. The monoisotopic (exact) mass is 253 g/mol. The van der Waals surface area contributed by atoms with Crippen LogP contribution in [0.2, 0.25) is 0 Å². The van der Waals surface area contributed by atoms with Crippen LogP contribution in [0.25, 0.3) is 0 Å². The molecule has 1 amide bonds. The van der Waals surface area contributed by atoms with Gasteiger partial charge in [0.15, 0.2) is 0 Å². The summed E-state index contributed by atoms with van der Waals surface area (Å²) in [4.78, 5) is 11.6. The highest BCUT2D eigenvalue weighted by atomic mass is 19.1. The van der Waals surface area contributed by atoms with Gasteiger partial charge in [-0.15, -0.1) is 0 Å². The van der Waals surface area contributed by atoms with Crippen LogP contribution in [-0.2, 0) is 11.4 Å². The van der Waals surface area contributed by atoms with Crippen molar-refractivity contribution in [1.29, 1.82) is 0 Å². The van der Waals surface area contributed by atoms with E-state index in [1.807, 2.05) is 0 Å². The number of aryl methyl sites for hydroxylation is 1. The third kappa shape index (κ3) is 3.29. The van der Waals surface area contributed by atoms with Crippen molar-refractivity contribution in [2.75, 3.05) is 0 Å². The fourth-order valence-corrected chi connectivity index (χ4v) is 1.86. The summed E-state index contributed by atoms with van der Waals surface area (Å²) in [5.74, 6) is -0.571. The zero-order valence-electron chi connectivity index (χ0n) is 11.2. The van der Waals surface area contributed by atoms with E-state index in [1.54, 1.807) is 27.7 Å². The van der Waals surface area contributed by atoms with Crippen molar-refractivity contribution in [3.63, 3.8) is 0 Å². The van der Waals surface area contributed by atoms with Crippen molar-refractivity contribution in [2.45, 2.75) is 40.3 Å². The van der Waals surface area contributed by atoms with E-state index in [9.17, 15) is 14.3 Å². The molecule has 4 heteroatoms. The van der Waals surface area contributed by atoms with Gasteiger partial charge in [-0.2, -0.15) is 0 Å². The van der Waals surface area contributed by atoms with Crippen molar-refractivity contribution in [1.82, 2.24) is 5.32 Å². The van der Waals surface area contributed by atoms with Gasteiger partial charge < -0.3 is 10.4 Å². The molecule has 0 fully saturated rings. The van der Waals surface area contributed by atoms with Crippen LogP contribution in [0.4, 0.5) is 4.39 Å². The molecule has 1 aromatic carbocycles. The summed E-state index contributed by atoms with van der Waals surface area (Å²) in [5, 5.41) is 12.2. The molecule has 0 aliphatic carbocycles. The molecule has 0 aromatic heterocycles. The molecule has 0 heterocycles. The quantitative estimate of drug-likeness (QED) is 0.866. The molecule has 100 valence electrons. The summed E-state index contributed by atoms with van der Waals surface area (Å²) < 4.78 is 13.4. The lowest BCUT2D eigenvalue weighted by Gasteiger charge is -2.20. The fourth-order valence-electron chi connectivity index (χ4n) is 1.86. The molecule has 0 aliphatic rings. The molecule has 1 atom stereocenters. The van der Waals surface area contributed by atoms with Gasteiger partial charge in [-0.25, -0.2) is 4.39 Å². The van der Waals surface area contributed by atoms with E-state index in [1.165, 1.54) is 12.1 Å². The summed E-state index contributed by atoms with van der Waals surface area (Å²) >= 11 is 0. The summed E-state index contributed by atoms with van der Waals surface area (Å²) in [7, 11) is 0. The smallest absolute Gasteiger partial charge is 0.223 e. The number of hydrogen-bond donors (Lipinski definition) is 2. The van der Waals surface area contributed by atoms with Crippen LogP contribution >= 0.6 is 0 Å². The minimum Gasteiger partial charge on any atom is -0.392 e. The number of carbonyl (C=O) groups excluding carboxylic acids is 1. The number of aliphatic hydroxyl groups excluding tert-OH is 1. The molecule has 0 spiro atoms. The predicted molar refractivity (Wildman–Crippen MR) is 68.5 cm³/mol. The molecular weight excluding hydrogens is 233 g/mol. The highest BCUT2D eigenvalue weighted by Gasteiger charge is 2.17. The standard InChI is InChI=1S/C14H20FNO2/c1-8(2)14(18)16-10(4)12-6-11(15)5-9(3)13(12)7-17/h5-6,8,10,17H,7H2,1-4H3,(H,16,18)/t10-/m0/s1. The van der Waals surface area contributed by atoms with Gasteiger partial charge in [0.25, 0.3) is 0 Å². The highest BCUT2D eigenvalue weighted by Crippen LogP contribution is 2.23. The second kappa shape index (κ2) is 5.96. The number of halogens is 1. The largest absolute Gasteiger partial charge is 0.392 e. The van der Waals surface area contributed by atoms with Gasteiger partial charge in [-0.3, -0.25) is 4.79 Å². The SMILES string of the molecule is Cc1cc(F)cc([C@H](C)NC(=O)C(C)C)c1CO. The number of benzene rings is 1. The molecular formula is C14H20FNO2. The van der Waals surface area contributed by atoms with Crippen LogP contribution in [0.3, 0.4) is 0 Å². The number of rotatable bonds is 4. The maximum atomic E-state index is 13.4. The topological polar surface area (TPSA) is 49.3 Å². The van der Waals surface area contributed by atoms with Crippen molar-refractivity contribution >= 4 is 5.91 Å². The van der Waals surface area contributed by atoms with Crippen molar-refractivity contribution < 1.29 is 14.3 Å². The van der Waals surface area contributed by atoms with Gasteiger partial charge in [0.1, 0.15) is 5.82 Å². The number of hydrogen-bond acceptors (Lipinski definition) is 2. The maximum Gasteiger partial charge on any atom is 0.223 e. The van der Waals surface area contributed by atoms with E-state index in [0.29, 0.717) is 16.7 Å². The van der Waals surface area contributed by atoms with Crippen LogP contribution in [0.15, 0.2) is 12.1 Å². The molecule has 2 N–H and O–H groups in total. The third-order valence-corrected chi connectivity index (χ3v) is 2.98. The maximum absolute atomic E-state index is 13.4. The van der Waals surface area contributed by atoms with Crippen molar-refractivity contribution in [3.8, 4) is 0 Å². The molecule has 3 nitrogen and oxygen atoms in total. The van der Waals surface area contributed by atoms with Crippen LogP contribution in [-0.4, -0.2) is 11.0 Å². The second-order valence-electron chi connectivity index (χ2n) is 4.83. The Labute approximate surface area is 107 Å². The lowest BCUT2D eigenvalue weighted by Crippen LogP contribution is -2.31. The molecule has 0 bridgehead atoms. The lowest BCUT2D eigenvalue weighted by atomic mass is 9.97. The lowest BCUT2D eigenvalue weighted by molar-refractivity contribution is -0.124. The molecule has 0 radical (unpaired) electrons. The molecule has 0 aliphatic heterocycles. The normalized spacial score (nSPS) is 12.6. The van der Waals surface area contributed by atoms with Gasteiger partial charge in [0, 0.05) is 5.92 Å². The van der Waals surface area contributed by atoms with E-state index in [2.05, 4.69) is 5.32 Å².